The number of hydrogen-bond acceptors (Lipinski definition) is 3. The maximum Gasteiger partial charge on any atom is 0.190 e. The van der Waals surface area contributed by atoms with E-state index in [0.29, 0.717) is 0 Å². The summed E-state index contributed by atoms with van der Waals surface area (Å²) in [5.74, 6) is 0.803. The summed E-state index contributed by atoms with van der Waals surface area (Å²) in [6, 6.07) is 5.83. The zero-order valence-corrected chi connectivity index (χ0v) is 19.1. The standard InChI is InChI=1S/C17H25BrClN3O2.HI/c1-20-17(21-7-2-9-24-15-6-10-23-12-15)22-8-5-13-11-14(19)3-4-16(13)18;/h3-4,11,15H,2,5-10,12H2,1H3,(H2,20,21,22);1H. The fourth-order valence-electron chi connectivity index (χ4n) is 2.44. The van der Waals surface area contributed by atoms with Crippen LogP contribution in [0, 0.1) is 0 Å². The topological polar surface area (TPSA) is 54.9 Å². The Kier molecular flexibility index (Phi) is 12.1. The van der Waals surface area contributed by atoms with Gasteiger partial charge in [0.2, 0.25) is 0 Å². The Balaban J connectivity index is 0.00000312. The lowest BCUT2D eigenvalue weighted by Crippen LogP contribution is -2.39. The Morgan fingerprint density at radius 3 is 2.92 bits per heavy atom. The first kappa shape index (κ1) is 23.0. The van der Waals surface area contributed by atoms with Crippen LogP contribution in [0.4, 0.5) is 0 Å². The number of nitrogens with zero attached hydrogens (tertiary/aromatic N) is 1. The van der Waals surface area contributed by atoms with Crippen LogP contribution < -0.4 is 10.6 Å². The van der Waals surface area contributed by atoms with Crippen molar-refractivity contribution in [2.45, 2.75) is 25.4 Å². The number of guanidine groups is 1. The lowest BCUT2D eigenvalue weighted by Gasteiger charge is -2.13. The molecule has 2 rings (SSSR count). The van der Waals surface area contributed by atoms with Crippen LogP contribution in [0.5, 0.6) is 0 Å². The third kappa shape index (κ3) is 8.90. The van der Waals surface area contributed by atoms with Gasteiger partial charge in [0.15, 0.2) is 5.96 Å². The molecule has 0 aliphatic carbocycles. The molecule has 0 aromatic heterocycles. The van der Waals surface area contributed by atoms with E-state index in [1.807, 2.05) is 18.2 Å². The molecule has 0 saturated carbocycles. The van der Waals surface area contributed by atoms with Crippen molar-refractivity contribution in [3.05, 3.63) is 33.3 Å². The highest BCUT2D eigenvalue weighted by molar-refractivity contribution is 14.0. The minimum Gasteiger partial charge on any atom is -0.379 e. The average Bonchev–Trinajstić information content (AvgIpc) is 3.09. The second-order valence-corrected chi connectivity index (χ2v) is 6.91. The van der Waals surface area contributed by atoms with Gasteiger partial charge in [0.1, 0.15) is 0 Å². The molecule has 0 amide bonds. The van der Waals surface area contributed by atoms with Gasteiger partial charge in [0, 0.05) is 42.8 Å². The SMILES string of the molecule is CN=C(NCCCOC1CCOC1)NCCc1cc(Cl)ccc1Br.I. The molecule has 1 aromatic rings. The van der Waals surface area contributed by atoms with Gasteiger partial charge in [-0.25, -0.2) is 0 Å². The molecule has 1 fully saturated rings. The van der Waals surface area contributed by atoms with Crippen molar-refractivity contribution in [2.24, 2.45) is 4.99 Å². The van der Waals surface area contributed by atoms with Gasteiger partial charge >= 0.3 is 0 Å². The summed E-state index contributed by atoms with van der Waals surface area (Å²) in [7, 11) is 1.77. The zero-order chi connectivity index (χ0) is 17.2. The highest BCUT2D eigenvalue weighted by Gasteiger charge is 2.15. The number of rotatable bonds is 8. The van der Waals surface area contributed by atoms with Crippen LogP contribution in [-0.2, 0) is 15.9 Å². The molecule has 2 N–H and O–H groups in total. The van der Waals surface area contributed by atoms with E-state index in [0.717, 1.165) is 67.6 Å². The predicted molar refractivity (Wildman–Crippen MR) is 117 cm³/mol. The van der Waals surface area contributed by atoms with Crippen molar-refractivity contribution >= 4 is 57.5 Å². The van der Waals surface area contributed by atoms with Crippen molar-refractivity contribution in [1.82, 2.24) is 10.6 Å². The molecule has 0 radical (unpaired) electrons. The Morgan fingerprint density at radius 1 is 1.40 bits per heavy atom. The predicted octanol–water partition coefficient (Wildman–Crippen LogP) is 3.62. The third-order valence-corrected chi connectivity index (χ3v) is 4.78. The van der Waals surface area contributed by atoms with Gasteiger partial charge in [-0.1, -0.05) is 27.5 Å². The number of halogens is 3. The normalized spacial score (nSPS) is 17.2. The molecule has 142 valence electrons. The van der Waals surface area contributed by atoms with E-state index in [1.165, 1.54) is 5.56 Å². The molecule has 25 heavy (non-hydrogen) atoms. The van der Waals surface area contributed by atoms with Gasteiger partial charge in [-0.3, -0.25) is 4.99 Å². The van der Waals surface area contributed by atoms with Crippen LogP contribution in [-0.4, -0.2) is 52.0 Å². The van der Waals surface area contributed by atoms with Crippen LogP contribution in [0.25, 0.3) is 0 Å². The number of aliphatic imine (C=N–C) groups is 1. The molecular formula is C17H26BrClIN3O2. The van der Waals surface area contributed by atoms with Crippen LogP contribution in [0.1, 0.15) is 18.4 Å². The lowest BCUT2D eigenvalue weighted by molar-refractivity contribution is 0.0420. The number of benzene rings is 1. The molecule has 1 aliphatic heterocycles. The van der Waals surface area contributed by atoms with E-state index >= 15 is 0 Å². The molecule has 1 saturated heterocycles. The largest absolute Gasteiger partial charge is 0.379 e. The second kappa shape index (κ2) is 13.1. The number of nitrogens with one attached hydrogen (secondary N) is 2. The smallest absolute Gasteiger partial charge is 0.190 e. The first-order chi connectivity index (χ1) is 11.7. The van der Waals surface area contributed by atoms with Crippen LogP contribution in [0.2, 0.25) is 5.02 Å². The maximum absolute atomic E-state index is 6.03. The Hall–Kier alpha value is -0.0900. The van der Waals surface area contributed by atoms with Gasteiger partial charge in [0.25, 0.3) is 0 Å². The number of ether oxygens (including phenoxy) is 2. The van der Waals surface area contributed by atoms with Crippen LogP contribution in [0.15, 0.2) is 27.7 Å². The van der Waals surface area contributed by atoms with Gasteiger partial charge in [-0.05, 0) is 43.0 Å². The quantitative estimate of drug-likeness (QED) is 0.226. The van der Waals surface area contributed by atoms with E-state index in [9.17, 15) is 0 Å². The van der Waals surface area contributed by atoms with E-state index in [4.69, 9.17) is 21.1 Å². The van der Waals surface area contributed by atoms with Crippen molar-refractivity contribution < 1.29 is 9.47 Å². The van der Waals surface area contributed by atoms with Crippen molar-refractivity contribution in [2.75, 3.05) is 40.0 Å². The fraction of sp³-hybridized carbons (Fsp3) is 0.588. The molecule has 0 bridgehead atoms. The lowest BCUT2D eigenvalue weighted by atomic mass is 10.1. The first-order valence-corrected chi connectivity index (χ1v) is 9.44. The van der Waals surface area contributed by atoms with E-state index in [2.05, 4.69) is 31.6 Å². The number of hydrogen-bond donors (Lipinski definition) is 2. The molecule has 1 heterocycles. The van der Waals surface area contributed by atoms with Gasteiger partial charge in [-0.15, -0.1) is 24.0 Å². The molecule has 8 heteroatoms. The summed E-state index contributed by atoms with van der Waals surface area (Å²) >= 11 is 9.58. The second-order valence-electron chi connectivity index (χ2n) is 5.62. The zero-order valence-electron chi connectivity index (χ0n) is 14.4. The Bertz CT molecular complexity index is 543. The van der Waals surface area contributed by atoms with Crippen molar-refractivity contribution in [3.8, 4) is 0 Å². The Morgan fingerprint density at radius 2 is 2.20 bits per heavy atom. The van der Waals surface area contributed by atoms with E-state index in [-0.39, 0.29) is 30.1 Å². The summed E-state index contributed by atoms with van der Waals surface area (Å²) in [6.45, 7) is 3.91. The highest BCUT2D eigenvalue weighted by Crippen LogP contribution is 2.21. The average molecular weight is 547 g/mol. The van der Waals surface area contributed by atoms with Crippen LogP contribution >= 0.6 is 51.5 Å². The van der Waals surface area contributed by atoms with E-state index < -0.39 is 0 Å². The van der Waals surface area contributed by atoms with E-state index in [1.54, 1.807) is 7.05 Å². The maximum atomic E-state index is 6.03. The summed E-state index contributed by atoms with van der Waals surface area (Å²) < 4.78 is 12.1. The summed E-state index contributed by atoms with van der Waals surface area (Å²) in [6.07, 6.45) is 3.10. The Labute approximate surface area is 180 Å². The molecule has 1 aliphatic rings. The third-order valence-electron chi connectivity index (χ3n) is 3.77. The van der Waals surface area contributed by atoms with Crippen molar-refractivity contribution in [3.63, 3.8) is 0 Å². The highest BCUT2D eigenvalue weighted by atomic mass is 127. The summed E-state index contributed by atoms with van der Waals surface area (Å²) in [5, 5.41) is 7.36. The summed E-state index contributed by atoms with van der Waals surface area (Å²) in [5.41, 5.74) is 1.18. The monoisotopic (exact) mass is 545 g/mol. The molecule has 5 nitrogen and oxygen atoms in total. The molecule has 1 unspecified atom stereocenters. The fourth-order valence-corrected chi connectivity index (χ4v) is 3.08. The minimum absolute atomic E-state index is 0. The molecule has 1 aromatic carbocycles. The van der Waals surface area contributed by atoms with Gasteiger partial charge in [-0.2, -0.15) is 0 Å². The molecular weight excluding hydrogens is 520 g/mol. The first-order valence-electron chi connectivity index (χ1n) is 8.27. The minimum atomic E-state index is 0. The van der Waals surface area contributed by atoms with Crippen molar-refractivity contribution in [1.29, 1.82) is 0 Å². The summed E-state index contributed by atoms with van der Waals surface area (Å²) in [4.78, 5) is 4.23. The molecule has 1 atom stereocenters. The van der Waals surface area contributed by atoms with Gasteiger partial charge in [0.05, 0.1) is 12.7 Å². The van der Waals surface area contributed by atoms with Gasteiger partial charge < -0.3 is 20.1 Å². The van der Waals surface area contributed by atoms with Crippen LogP contribution in [0.3, 0.4) is 0 Å². The molecule has 0 spiro atoms.